The molecule has 80 valence electrons. The SMILES string of the molecule is C=Cn1cnnc1/C=C\C.CC.CC. The molecule has 0 saturated carbocycles. The first-order chi connectivity index (χ1) is 6.88. The monoisotopic (exact) mass is 195 g/mol. The molecule has 1 aromatic heterocycles. The molecular weight excluding hydrogens is 174 g/mol. The van der Waals surface area contributed by atoms with Crippen molar-refractivity contribution < 1.29 is 0 Å². The van der Waals surface area contributed by atoms with Crippen LogP contribution in [-0.2, 0) is 0 Å². The zero-order valence-electron chi connectivity index (χ0n) is 9.86. The van der Waals surface area contributed by atoms with E-state index in [2.05, 4.69) is 16.8 Å². The van der Waals surface area contributed by atoms with Crippen LogP contribution >= 0.6 is 0 Å². The molecule has 0 radical (unpaired) electrons. The third-order valence-corrected chi connectivity index (χ3v) is 1.11. The van der Waals surface area contributed by atoms with Crippen molar-refractivity contribution in [3.05, 3.63) is 24.8 Å². The lowest BCUT2D eigenvalue weighted by molar-refractivity contribution is 1.07. The van der Waals surface area contributed by atoms with Gasteiger partial charge in [-0.05, 0) is 13.0 Å². The maximum absolute atomic E-state index is 3.83. The highest BCUT2D eigenvalue weighted by molar-refractivity contribution is 5.42. The zero-order chi connectivity index (χ0) is 11.4. The Morgan fingerprint density at radius 1 is 1.29 bits per heavy atom. The zero-order valence-corrected chi connectivity index (χ0v) is 9.86. The smallest absolute Gasteiger partial charge is 0.160 e. The molecule has 0 aliphatic rings. The largest absolute Gasteiger partial charge is 0.290 e. The Labute approximate surface area is 87.2 Å². The minimum absolute atomic E-state index is 0.803. The van der Waals surface area contributed by atoms with E-state index in [0.29, 0.717) is 0 Å². The molecule has 0 atom stereocenters. The van der Waals surface area contributed by atoms with Gasteiger partial charge in [-0.2, -0.15) is 0 Å². The van der Waals surface area contributed by atoms with Crippen LogP contribution in [0.15, 0.2) is 19.0 Å². The molecule has 0 unspecified atom stereocenters. The maximum atomic E-state index is 3.83. The maximum Gasteiger partial charge on any atom is 0.160 e. The molecule has 3 heteroatoms. The van der Waals surface area contributed by atoms with Gasteiger partial charge in [0, 0.05) is 6.20 Å². The van der Waals surface area contributed by atoms with Gasteiger partial charge in [-0.1, -0.05) is 40.3 Å². The average Bonchev–Trinajstić information content (AvgIpc) is 2.72. The fourth-order valence-electron chi connectivity index (χ4n) is 0.661. The van der Waals surface area contributed by atoms with Crippen LogP contribution in [0.1, 0.15) is 40.4 Å². The van der Waals surface area contributed by atoms with Crippen LogP contribution in [0.5, 0.6) is 0 Å². The van der Waals surface area contributed by atoms with Crippen molar-refractivity contribution in [2.24, 2.45) is 0 Å². The quantitative estimate of drug-likeness (QED) is 0.723. The molecule has 1 heterocycles. The first-order valence-corrected chi connectivity index (χ1v) is 5.03. The molecule has 0 fully saturated rings. The van der Waals surface area contributed by atoms with Gasteiger partial charge in [0.25, 0.3) is 0 Å². The summed E-state index contributed by atoms with van der Waals surface area (Å²) in [5.74, 6) is 0.803. The Kier molecular flexibility index (Phi) is 12.5. The van der Waals surface area contributed by atoms with Gasteiger partial charge in [0.05, 0.1) is 0 Å². The highest BCUT2D eigenvalue weighted by Crippen LogP contribution is 1.96. The van der Waals surface area contributed by atoms with Crippen LogP contribution in [0, 0.1) is 0 Å². The lowest BCUT2D eigenvalue weighted by Gasteiger charge is -1.90. The van der Waals surface area contributed by atoms with Crippen molar-refractivity contribution in [3.8, 4) is 0 Å². The summed E-state index contributed by atoms with van der Waals surface area (Å²) in [5, 5.41) is 7.53. The number of allylic oxidation sites excluding steroid dienone is 1. The second-order valence-corrected chi connectivity index (χ2v) is 1.78. The average molecular weight is 195 g/mol. The fraction of sp³-hybridized carbons (Fsp3) is 0.455. The van der Waals surface area contributed by atoms with E-state index in [0.717, 1.165) is 5.82 Å². The predicted molar refractivity (Wildman–Crippen MR) is 63.8 cm³/mol. The molecule has 0 aliphatic carbocycles. The molecule has 0 aliphatic heterocycles. The fourth-order valence-corrected chi connectivity index (χ4v) is 0.661. The molecule has 3 nitrogen and oxygen atoms in total. The summed E-state index contributed by atoms with van der Waals surface area (Å²) in [5.41, 5.74) is 0. The lowest BCUT2D eigenvalue weighted by atomic mass is 10.5. The van der Waals surface area contributed by atoms with E-state index in [1.165, 1.54) is 0 Å². The van der Waals surface area contributed by atoms with E-state index >= 15 is 0 Å². The number of aromatic nitrogens is 3. The van der Waals surface area contributed by atoms with E-state index in [-0.39, 0.29) is 0 Å². The second kappa shape index (κ2) is 11.6. The van der Waals surface area contributed by atoms with Crippen LogP contribution in [0.2, 0.25) is 0 Å². The van der Waals surface area contributed by atoms with Crippen molar-refractivity contribution >= 4 is 12.3 Å². The first-order valence-electron chi connectivity index (χ1n) is 5.03. The van der Waals surface area contributed by atoms with Gasteiger partial charge in [-0.15, -0.1) is 10.2 Å². The Morgan fingerprint density at radius 2 is 1.86 bits per heavy atom. The van der Waals surface area contributed by atoms with E-state index in [4.69, 9.17) is 0 Å². The number of nitrogens with zero attached hydrogens (tertiary/aromatic N) is 3. The van der Waals surface area contributed by atoms with Gasteiger partial charge in [-0.3, -0.25) is 4.57 Å². The van der Waals surface area contributed by atoms with Gasteiger partial charge < -0.3 is 0 Å². The third kappa shape index (κ3) is 5.30. The van der Waals surface area contributed by atoms with Gasteiger partial charge in [0.2, 0.25) is 0 Å². The Bertz CT molecular complexity index is 249. The summed E-state index contributed by atoms with van der Waals surface area (Å²) < 4.78 is 1.75. The standard InChI is InChI=1S/C7H9N3.2C2H6/c1-3-5-7-9-8-6-10(7)4-2;2*1-2/h3-6H,2H2,1H3;2*1-2H3/b5-3-;;. The minimum atomic E-state index is 0.803. The van der Waals surface area contributed by atoms with Gasteiger partial charge in [-0.25, -0.2) is 0 Å². The van der Waals surface area contributed by atoms with E-state index < -0.39 is 0 Å². The van der Waals surface area contributed by atoms with Crippen LogP contribution in [0.3, 0.4) is 0 Å². The summed E-state index contributed by atoms with van der Waals surface area (Å²) in [4.78, 5) is 0. The third-order valence-electron chi connectivity index (χ3n) is 1.11. The van der Waals surface area contributed by atoms with Crippen LogP contribution < -0.4 is 0 Å². The summed E-state index contributed by atoms with van der Waals surface area (Å²) in [7, 11) is 0. The summed E-state index contributed by atoms with van der Waals surface area (Å²) >= 11 is 0. The predicted octanol–water partition coefficient (Wildman–Crippen LogP) is 3.46. The highest BCUT2D eigenvalue weighted by Gasteiger charge is 1.92. The first kappa shape index (κ1) is 15.1. The molecule has 14 heavy (non-hydrogen) atoms. The minimum Gasteiger partial charge on any atom is -0.290 e. The molecule has 0 amide bonds. The molecule has 1 rings (SSSR count). The van der Waals surface area contributed by atoms with Gasteiger partial charge in [0.1, 0.15) is 6.33 Å². The lowest BCUT2D eigenvalue weighted by Crippen LogP contribution is -1.86. The van der Waals surface area contributed by atoms with Crippen LogP contribution in [-0.4, -0.2) is 14.8 Å². The number of hydrogen-bond acceptors (Lipinski definition) is 2. The normalized spacial score (nSPS) is 8.36. The van der Waals surface area contributed by atoms with Crippen molar-refractivity contribution in [2.45, 2.75) is 34.6 Å². The van der Waals surface area contributed by atoms with Crippen LogP contribution in [0.25, 0.3) is 12.3 Å². The number of hydrogen-bond donors (Lipinski definition) is 0. The molecule has 0 N–H and O–H groups in total. The van der Waals surface area contributed by atoms with E-state index in [1.54, 1.807) is 17.1 Å². The summed E-state index contributed by atoms with van der Waals surface area (Å²) in [6.45, 7) is 13.5. The Balaban J connectivity index is 0. The number of rotatable bonds is 2. The highest BCUT2D eigenvalue weighted by atomic mass is 15.2. The molecule has 0 saturated heterocycles. The molecule has 0 spiro atoms. The topological polar surface area (TPSA) is 30.7 Å². The van der Waals surface area contributed by atoms with Crippen molar-refractivity contribution in [1.29, 1.82) is 0 Å². The second-order valence-electron chi connectivity index (χ2n) is 1.78. The summed E-state index contributed by atoms with van der Waals surface area (Å²) in [6, 6.07) is 0. The van der Waals surface area contributed by atoms with Gasteiger partial charge in [0.15, 0.2) is 5.82 Å². The van der Waals surface area contributed by atoms with Crippen LogP contribution in [0.4, 0.5) is 0 Å². The molecule has 0 aromatic carbocycles. The summed E-state index contributed by atoms with van der Waals surface area (Å²) in [6.07, 6.45) is 7.05. The Morgan fingerprint density at radius 3 is 2.29 bits per heavy atom. The van der Waals surface area contributed by atoms with E-state index in [9.17, 15) is 0 Å². The molecule has 1 aromatic rings. The molecule has 0 bridgehead atoms. The van der Waals surface area contributed by atoms with E-state index in [1.807, 2.05) is 46.8 Å². The van der Waals surface area contributed by atoms with Crippen molar-refractivity contribution in [2.75, 3.05) is 0 Å². The van der Waals surface area contributed by atoms with Crippen molar-refractivity contribution in [3.63, 3.8) is 0 Å². The molecular formula is C11H21N3. The Hall–Kier alpha value is -1.38. The van der Waals surface area contributed by atoms with Crippen molar-refractivity contribution in [1.82, 2.24) is 14.8 Å². The van der Waals surface area contributed by atoms with Gasteiger partial charge >= 0.3 is 0 Å².